The molecule has 21 heavy (non-hydrogen) atoms. The summed E-state index contributed by atoms with van der Waals surface area (Å²) in [6.45, 7) is 6.71. The molecule has 5 saturated carbocycles. The molecule has 120 valence electrons. The average Bonchev–Trinajstić information content (AvgIpc) is 2.75. The third kappa shape index (κ3) is 2.21. The predicted molar refractivity (Wildman–Crippen MR) is 89.1 cm³/mol. The number of nitrogens with zero attached hydrogens (tertiary/aromatic N) is 1. The molecule has 1 heteroatoms. The second-order valence-corrected chi connectivity index (χ2v) is 10.9. The van der Waals surface area contributed by atoms with Crippen LogP contribution in [-0.4, -0.2) is 30.7 Å². The van der Waals surface area contributed by atoms with Crippen LogP contribution in [0.25, 0.3) is 0 Å². The molecule has 0 aromatic carbocycles. The first-order valence-corrected chi connectivity index (χ1v) is 9.57. The molecule has 5 rings (SSSR count). The van der Waals surface area contributed by atoms with Crippen molar-refractivity contribution < 1.29 is 4.48 Å². The van der Waals surface area contributed by atoms with Gasteiger partial charge in [0, 0.05) is 25.2 Å². The van der Waals surface area contributed by atoms with Gasteiger partial charge in [-0.05, 0) is 48.9 Å². The van der Waals surface area contributed by atoms with E-state index in [0.717, 1.165) is 11.8 Å². The lowest BCUT2D eigenvalue weighted by atomic mass is 9.42. The second-order valence-electron chi connectivity index (χ2n) is 10.9. The third-order valence-electron chi connectivity index (χ3n) is 8.07. The first-order chi connectivity index (χ1) is 9.74. The van der Waals surface area contributed by atoms with E-state index in [0.29, 0.717) is 16.4 Å². The largest absolute Gasteiger partial charge is 0.323 e. The first kappa shape index (κ1) is 14.5. The zero-order valence-electron chi connectivity index (χ0n) is 14.9. The first-order valence-electron chi connectivity index (χ1n) is 9.57. The SMILES string of the molecule is CC12CC3CC(C)(C1)CC([N+](C)(C)CC1CCCC1)(C3)C2. The van der Waals surface area contributed by atoms with Crippen LogP contribution in [0, 0.1) is 22.7 Å². The van der Waals surface area contributed by atoms with Crippen molar-refractivity contribution >= 4 is 0 Å². The molecule has 0 N–H and O–H groups in total. The normalized spacial score (nSPS) is 50.0. The molecule has 0 saturated heterocycles. The fourth-order valence-corrected chi connectivity index (χ4v) is 8.09. The minimum absolute atomic E-state index is 0.617. The topological polar surface area (TPSA) is 0 Å². The molecule has 0 amide bonds. The highest BCUT2D eigenvalue weighted by Crippen LogP contribution is 2.68. The van der Waals surface area contributed by atoms with Crippen molar-refractivity contribution in [1.29, 1.82) is 0 Å². The van der Waals surface area contributed by atoms with Gasteiger partial charge in [-0.3, -0.25) is 0 Å². The molecule has 5 aliphatic carbocycles. The maximum Gasteiger partial charge on any atom is 0.100 e. The Balaban J connectivity index is 1.63. The monoisotopic (exact) mass is 290 g/mol. The highest BCUT2D eigenvalue weighted by atomic mass is 15.4. The molecular formula is C20H36N+. The predicted octanol–water partition coefficient (Wildman–Crippen LogP) is 5.00. The van der Waals surface area contributed by atoms with Gasteiger partial charge in [-0.25, -0.2) is 0 Å². The van der Waals surface area contributed by atoms with Crippen LogP contribution in [0.3, 0.4) is 0 Å². The highest BCUT2D eigenvalue weighted by Gasteiger charge is 2.65. The van der Waals surface area contributed by atoms with Crippen LogP contribution >= 0.6 is 0 Å². The Morgan fingerprint density at radius 2 is 1.43 bits per heavy atom. The van der Waals surface area contributed by atoms with Gasteiger partial charge in [0.15, 0.2) is 0 Å². The van der Waals surface area contributed by atoms with E-state index in [1.807, 2.05) is 0 Å². The van der Waals surface area contributed by atoms with E-state index in [4.69, 9.17) is 0 Å². The minimum Gasteiger partial charge on any atom is -0.323 e. The van der Waals surface area contributed by atoms with Gasteiger partial charge in [-0.2, -0.15) is 0 Å². The van der Waals surface area contributed by atoms with Crippen LogP contribution in [-0.2, 0) is 0 Å². The Kier molecular flexibility index (Phi) is 2.96. The molecule has 0 heterocycles. The van der Waals surface area contributed by atoms with E-state index in [-0.39, 0.29) is 0 Å². The Labute approximate surface area is 132 Å². The molecule has 5 fully saturated rings. The highest BCUT2D eigenvalue weighted by molar-refractivity contribution is 5.12. The zero-order valence-corrected chi connectivity index (χ0v) is 14.9. The van der Waals surface area contributed by atoms with E-state index in [1.54, 1.807) is 0 Å². The minimum atomic E-state index is 0.617. The second kappa shape index (κ2) is 4.28. The molecule has 0 radical (unpaired) electrons. The van der Waals surface area contributed by atoms with Crippen molar-refractivity contribution in [3.63, 3.8) is 0 Å². The standard InChI is InChI=1S/C20H36N/c1-18-9-17-10-19(2,13-18)15-20(11-17,14-18)21(3,4)12-16-7-5-6-8-16/h16-17H,5-15H2,1-4H3/q+1. The lowest BCUT2D eigenvalue weighted by molar-refractivity contribution is -0.952. The summed E-state index contributed by atoms with van der Waals surface area (Å²) in [4.78, 5) is 0. The fraction of sp³-hybridized carbons (Fsp3) is 1.00. The number of hydrogen-bond donors (Lipinski definition) is 0. The quantitative estimate of drug-likeness (QED) is 0.642. The summed E-state index contributed by atoms with van der Waals surface area (Å²) in [5.41, 5.74) is 1.95. The van der Waals surface area contributed by atoms with Crippen molar-refractivity contribution in [2.45, 2.75) is 83.6 Å². The average molecular weight is 291 g/mol. The summed E-state index contributed by atoms with van der Waals surface area (Å²) < 4.78 is 1.33. The Morgan fingerprint density at radius 1 is 0.857 bits per heavy atom. The van der Waals surface area contributed by atoms with Crippen molar-refractivity contribution in [1.82, 2.24) is 0 Å². The molecule has 0 spiro atoms. The van der Waals surface area contributed by atoms with E-state index < -0.39 is 0 Å². The summed E-state index contributed by atoms with van der Waals surface area (Å²) in [6.07, 6.45) is 15.2. The van der Waals surface area contributed by atoms with Crippen molar-refractivity contribution in [3.8, 4) is 0 Å². The smallest absolute Gasteiger partial charge is 0.100 e. The molecule has 5 aliphatic rings. The molecule has 2 atom stereocenters. The third-order valence-corrected chi connectivity index (χ3v) is 8.07. The maximum absolute atomic E-state index is 2.63. The van der Waals surface area contributed by atoms with Gasteiger partial charge >= 0.3 is 0 Å². The summed E-state index contributed by atoms with van der Waals surface area (Å²) in [5.74, 6) is 2.06. The molecule has 2 unspecified atom stereocenters. The van der Waals surface area contributed by atoms with Crippen LogP contribution in [0.2, 0.25) is 0 Å². The van der Waals surface area contributed by atoms with Gasteiger partial charge in [0.25, 0.3) is 0 Å². The summed E-state index contributed by atoms with van der Waals surface area (Å²) in [6, 6.07) is 0. The van der Waals surface area contributed by atoms with Gasteiger partial charge in [-0.15, -0.1) is 0 Å². The zero-order chi connectivity index (χ0) is 14.9. The van der Waals surface area contributed by atoms with Crippen molar-refractivity contribution in [2.24, 2.45) is 22.7 Å². The summed E-state index contributed by atoms with van der Waals surface area (Å²) in [5, 5.41) is 0. The van der Waals surface area contributed by atoms with E-state index in [2.05, 4.69) is 27.9 Å². The summed E-state index contributed by atoms with van der Waals surface area (Å²) >= 11 is 0. The van der Waals surface area contributed by atoms with Crippen LogP contribution < -0.4 is 0 Å². The van der Waals surface area contributed by atoms with Crippen LogP contribution in [0.1, 0.15) is 78.1 Å². The summed E-state index contributed by atoms with van der Waals surface area (Å²) in [7, 11) is 5.19. The molecule has 0 aromatic rings. The van der Waals surface area contributed by atoms with Crippen molar-refractivity contribution in [3.05, 3.63) is 0 Å². The van der Waals surface area contributed by atoms with Crippen LogP contribution in [0.15, 0.2) is 0 Å². The van der Waals surface area contributed by atoms with Gasteiger partial charge < -0.3 is 4.48 Å². The lowest BCUT2D eigenvalue weighted by Gasteiger charge is -2.68. The van der Waals surface area contributed by atoms with Crippen LogP contribution in [0.5, 0.6) is 0 Å². The lowest BCUT2D eigenvalue weighted by Crippen LogP contribution is -2.71. The number of quaternary nitrogens is 1. The number of rotatable bonds is 3. The van der Waals surface area contributed by atoms with Crippen molar-refractivity contribution in [2.75, 3.05) is 20.6 Å². The Morgan fingerprint density at radius 3 is 1.95 bits per heavy atom. The Bertz CT molecular complexity index is 413. The maximum atomic E-state index is 2.63. The fourth-order valence-electron chi connectivity index (χ4n) is 8.09. The van der Waals surface area contributed by atoms with E-state index in [9.17, 15) is 0 Å². The van der Waals surface area contributed by atoms with Gasteiger partial charge in [-0.1, -0.05) is 26.7 Å². The Hall–Kier alpha value is -0.0400. The molecule has 1 nitrogen and oxygen atoms in total. The molecule has 0 aliphatic heterocycles. The van der Waals surface area contributed by atoms with Gasteiger partial charge in [0.05, 0.1) is 20.6 Å². The van der Waals surface area contributed by atoms with E-state index >= 15 is 0 Å². The van der Waals surface area contributed by atoms with Gasteiger partial charge in [0.1, 0.15) is 5.54 Å². The molecular weight excluding hydrogens is 254 g/mol. The molecule has 0 aromatic heterocycles. The molecule has 4 bridgehead atoms. The van der Waals surface area contributed by atoms with Gasteiger partial charge in [0.2, 0.25) is 0 Å². The van der Waals surface area contributed by atoms with Crippen LogP contribution in [0.4, 0.5) is 0 Å². The number of hydrogen-bond acceptors (Lipinski definition) is 0. The van der Waals surface area contributed by atoms with E-state index in [1.165, 1.54) is 75.2 Å².